The van der Waals surface area contributed by atoms with Gasteiger partial charge in [0.15, 0.2) is 0 Å². The van der Waals surface area contributed by atoms with E-state index >= 15 is 0 Å². The molecule has 5 nitrogen and oxygen atoms in total. The summed E-state index contributed by atoms with van der Waals surface area (Å²) < 4.78 is 0. The molecule has 4 aromatic carbocycles. The third kappa shape index (κ3) is 3.95. The Morgan fingerprint density at radius 1 is 0.838 bits per heavy atom. The molecular formula is C30H22Cl2N2O3. The second kappa shape index (κ2) is 8.94. The van der Waals surface area contributed by atoms with Crippen molar-refractivity contribution in [2.24, 2.45) is 0 Å². The van der Waals surface area contributed by atoms with Crippen molar-refractivity contribution >= 4 is 46.4 Å². The molecule has 1 unspecified atom stereocenters. The lowest BCUT2D eigenvalue weighted by Gasteiger charge is -2.40. The number of halogens is 2. The first kappa shape index (κ1) is 23.6. The number of fused-ring (bicyclic) bond motifs is 2. The van der Waals surface area contributed by atoms with Crippen molar-refractivity contribution in [2.45, 2.75) is 18.3 Å². The molecule has 2 amide bonds. The van der Waals surface area contributed by atoms with Crippen LogP contribution in [0.5, 0.6) is 5.75 Å². The second-order valence-electron chi connectivity index (χ2n) is 9.47. The summed E-state index contributed by atoms with van der Waals surface area (Å²) in [4.78, 5) is 28.4. The molecule has 37 heavy (non-hydrogen) atoms. The number of hydrogen-bond acceptors (Lipinski definition) is 3. The van der Waals surface area contributed by atoms with Crippen LogP contribution in [0.3, 0.4) is 0 Å². The fourth-order valence-corrected chi connectivity index (χ4v) is 5.96. The van der Waals surface area contributed by atoms with E-state index in [-0.39, 0.29) is 30.5 Å². The number of carbonyl (C=O) groups excluding carboxylic acids is 2. The lowest BCUT2D eigenvalue weighted by atomic mass is 9.74. The van der Waals surface area contributed by atoms with E-state index in [0.29, 0.717) is 22.2 Å². The average molecular weight is 529 g/mol. The summed E-state index contributed by atoms with van der Waals surface area (Å²) in [6, 6.07) is 25.7. The molecule has 1 atom stereocenters. The molecule has 2 aliphatic rings. The summed E-state index contributed by atoms with van der Waals surface area (Å²) in [6.45, 7) is 0.177. The van der Waals surface area contributed by atoms with Gasteiger partial charge < -0.3 is 15.3 Å². The number of para-hydroxylation sites is 1. The third-order valence-corrected chi connectivity index (χ3v) is 7.81. The van der Waals surface area contributed by atoms with E-state index in [9.17, 15) is 14.7 Å². The first-order valence-electron chi connectivity index (χ1n) is 12.0. The van der Waals surface area contributed by atoms with Gasteiger partial charge in [-0.05, 0) is 71.1 Å². The summed E-state index contributed by atoms with van der Waals surface area (Å²) in [5.41, 5.74) is 4.58. The highest BCUT2D eigenvalue weighted by atomic mass is 35.5. The molecule has 1 saturated heterocycles. The fourth-order valence-electron chi connectivity index (χ4n) is 5.44. The summed E-state index contributed by atoms with van der Waals surface area (Å²) >= 11 is 13.2. The Morgan fingerprint density at radius 2 is 1.62 bits per heavy atom. The van der Waals surface area contributed by atoms with E-state index < -0.39 is 5.41 Å². The number of rotatable bonds is 3. The maximum Gasteiger partial charge on any atom is 0.236 e. The molecule has 0 aromatic heterocycles. The zero-order valence-electron chi connectivity index (χ0n) is 19.7. The van der Waals surface area contributed by atoms with Crippen LogP contribution < -0.4 is 10.2 Å². The van der Waals surface area contributed by atoms with Crippen molar-refractivity contribution in [1.82, 2.24) is 0 Å². The Bertz CT molecular complexity index is 1570. The molecule has 0 radical (unpaired) electrons. The maximum atomic E-state index is 13.4. The number of phenols is 1. The molecule has 184 valence electrons. The number of amides is 2. The topological polar surface area (TPSA) is 69.6 Å². The maximum absolute atomic E-state index is 13.4. The van der Waals surface area contributed by atoms with Crippen LogP contribution in [0.2, 0.25) is 10.0 Å². The average Bonchev–Trinajstić information content (AvgIpc) is 3.16. The van der Waals surface area contributed by atoms with Gasteiger partial charge in [-0.2, -0.15) is 0 Å². The summed E-state index contributed by atoms with van der Waals surface area (Å²) in [7, 11) is 0. The Kier molecular flexibility index (Phi) is 5.70. The molecule has 7 heteroatoms. The predicted octanol–water partition coefficient (Wildman–Crippen LogP) is 7.05. The summed E-state index contributed by atoms with van der Waals surface area (Å²) in [6.07, 6.45) is 0.640. The SMILES string of the molecule is O=C1CCC2(CN1c1c(Cl)cc(-c3cccc(Cl)c3)cc1-c1ccc(O)cc1)C(=O)Nc1ccccc12. The van der Waals surface area contributed by atoms with Gasteiger partial charge in [0.2, 0.25) is 11.8 Å². The van der Waals surface area contributed by atoms with E-state index in [1.165, 1.54) is 0 Å². The number of phenolic OH excluding ortho intramolecular Hbond substituents is 1. The Labute approximate surface area is 224 Å². The van der Waals surface area contributed by atoms with E-state index in [1.807, 2.05) is 54.6 Å². The Morgan fingerprint density at radius 3 is 2.41 bits per heavy atom. The van der Waals surface area contributed by atoms with Crippen molar-refractivity contribution < 1.29 is 14.7 Å². The smallest absolute Gasteiger partial charge is 0.236 e. The molecule has 0 bridgehead atoms. The van der Waals surface area contributed by atoms with Crippen LogP contribution in [-0.2, 0) is 15.0 Å². The zero-order valence-corrected chi connectivity index (χ0v) is 21.2. The predicted molar refractivity (Wildman–Crippen MR) is 147 cm³/mol. The highest BCUT2D eigenvalue weighted by Crippen LogP contribution is 2.48. The number of carbonyl (C=O) groups is 2. The molecular weight excluding hydrogens is 507 g/mol. The van der Waals surface area contributed by atoms with E-state index in [1.54, 1.807) is 35.2 Å². The Hall–Kier alpha value is -3.80. The third-order valence-electron chi connectivity index (χ3n) is 7.29. The standard InChI is InChI=1S/C30H22Cl2N2O3/c31-21-5-3-4-19(14-21)20-15-23(18-8-10-22(35)11-9-18)28(25(32)16-20)34-17-30(13-12-27(34)36)24-6-1-2-7-26(24)33-29(30)37/h1-11,14-16,35H,12-13,17H2,(H,33,37). The number of nitrogens with zero attached hydrogens (tertiary/aromatic N) is 1. The van der Waals surface area contributed by atoms with Crippen molar-refractivity contribution in [1.29, 1.82) is 0 Å². The van der Waals surface area contributed by atoms with Gasteiger partial charge in [0.25, 0.3) is 0 Å². The molecule has 4 aromatic rings. The van der Waals surface area contributed by atoms with Gasteiger partial charge in [-0.25, -0.2) is 0 Å². The minimum absolute atomic E-state index is 0.0970. The van der Waals surface area contributed by atoms with Crippen LogP contribution in [0.25, 0.3) is 22.3 Å². The normalized spacial score (nSPS) is 18.7. The van der Waals surface area contributed by atoms with Gasteiger partial charge in [0, 0.05) is 29.2 Å². The lowest BCUT2D eigenvalue weighted by molar-refractivity contribution is -0.125. The first-order chi connectivity index (χ1) is 17.9. The van der Waals surface area contributed by atoms with Gasteiger partial charge in [-0.1, -0.05) is 65.7 Å². The number of aromatic hydroxyl groups is 1. The van der Waals surface area contributed by atoms with E-state index in [4.69, 9.17) is 23.2 Å². The van der Waals surface area contributed by atoms with Crippen LogP contribution in [0.4, 0.5) is 11.4 Å². The van der Waals surface area contributed by atoms with E-state index in [0.717, 1.165) is 33.5 Å². The molecule has 2 heterocycles. The van der Waals surface area contributed by atoms with Crippen LogP contribution in [-0.4, -0.2) is 23.5 Å². The lowest BCUT2D eigenvalue weighted by Crippen LogP contribution is -2.52. The fraction of sp³-hybridized carbons (Fsp3) is 0.133. The number of anilines is 2. The van der Waals surface area contributed by atoms with Gasteiger partial charge in [0.1, 0.15) is 5.75 Å². The van der Waals surface area contributed by atoms with Gasteiger partial charge in [0.05, 0.1) is 16.1 Å². The number of hydrogen-bond donors (Lipinski definition) is 2. The van der Waals surface area contributed by atoms with Crippen LogP contribution in [0.15, 0.2) is 84.9 Å². The van der Waals surface area contributed by atoms with Crippen molar-refractivity contribution in [3.63, 3.8) is 0 Å². The minimum atomic E-state index is -0.855. The largest absolute Gasteiger partial charge is 0.508 e. The Balaban J connectivity index is 1.53. The molecule has 6 rings (SSSR count). The van der Waals surface area contributed by atoms with Gasteiger partial charge in [-0.3, -0.25) is 9.59 Å². The summed E-state index contributed by atoms with van der Waals surface area (Å²) in [5, 5.41) is 13.9. The molecule has 1 fully saturated rings. The van der Waals surface area contributed by atoms with Gasteiger partial charge in [-0.15, -0.1) is 0 Å². The molecule has 2 N–H and O–H groups in total. The van der Waals surface area contributed by atoms with E-state index in [2.05, 4.69) is 5.32 Å². The second-order valence-corrected chi connectivity index (χ2v) is 10.3. The number of piperidine rings is 1. The minimum Gasteiger partial charge on any atom is -0.508 e. The first-order valence-corrected chi connectivity index (χ1v) is 12.7. The van der Waals surface area contributed by atoms with Crippen molar-refractivity contribution in [3.05, 3.63) is 101 Å². The van der Waals surface area contributed by atoms with Crippen molar-refractivity contribution in [2.75, 3.05) is 16.8 Å². The van der Waals surface area contributed by atoms with Crippen LogP contribution in [0, 0.1) is 0 Å². The summed E-state index contributed by atoms with van der Waals surface area (Å²) in [5.74, 6) is -0.0704. The number of benzene rings is 4. The zero-order chi connectivity index (χ0) is 25.7. The highest BCUT2D eigenvalue weighted by Gasteiger charge is 2.51. The van der Waals surface area contributed by atoms with Crippen LogP contribution in [0.1, 0.15) is 18.4 Å². The molecule has 2 aliphatic heterocycles. The highest BCUT2D eigenvalue weighted by molar-refractivity contribution is 6.35. The van der Waals surface area contributed by atoms with Crippen molar-refractivity contribution in [3.8, 4) is 28.0 Å². The molecule has 0 aliphatic carbocycles. The molecule has 0 saturated carbocycles. The number of nitrogens with one attached hydrogen (secondary N) is 1. The van der Waals surface area contributed by atoms with Crippen LogP contribution >= 0.6 is 23.2 Å². The molecule has 1 spiro atoms. The quantitative estimate of drug-likeness (QED) is 0.299. The van der Waals surface area contributed by atoms with Gasteiger partial charge >= 0.3 is 0 Å². The monoisotopic (exact) mass is 528 g/mol.